The first-order valence-electron chi connectivity index (χ1n) is 35.4. The van der Waals surface area contributed by atoms with Crippen molar-refractivity contribution in [2.45, 2.75) is 372 Å². The largest absolute Gasteiger partial charge is 0.389 e. The van der Waals surface area contributed by atoms with E-state index in [1.165, 1.54) is 153 Å². The van der Waals surface area contributed by atoms with Crippen LogP contribution in [0.25, 0.3) is 0 Å². The van der Waals surface area contributed by atoms with Crippen LogP contribution in [0.2, 0.25) is 0 Å². The van der Waals surface area contributed by atoms with Crippen LogP contribution < -0.4 is 0 Å². The average Bonchev–Trinajstić information content (AvgIpc) is 1.61. The molecule has 0 aromatic rings. The highest BCUT2D eigenvalue weighted by atomic mass is 32.2. The fraction of sp³-hybridized carbons (Fsp3) is 0.946. The van der Waals surface area contributed by atoms with Crippen molar-refractivity contribution in [3.63, 3.8) is 0 Å². The molecular weight excluding hydrogens is 985 g/mol. The van der Waals surface area contributed by atoms with Crippen molar-refractivity contribution in [3.8, 4) is 0 Å². The molecule has 5 heteroatoms. The lowest BCUT2D eigenvalue weighted by Crippen LogP contribution is -2.61. The van der Waals surface area contributed by atoms with Crippen LogP contribution in [0, 0.1) is 65.5 Å². The molecule has 444 valence electrons. The van der Waals surface area contributed by atoms with Crippen molar-refractivity contribution in [1.82, 2.24) is 0 Å². The minimum absolute atomic E-state index is 0.0133. The topological polar surface area (TPSA) is 63.6 Å². The van der Waals surface area contributed by atoms with Crippen LogP contribution in [0.15, 0.2) is 22.3 Å². The Labute approximate surface area is 484 Å². The van der Waals surface area contributed by atoms with Gasteiger partial charge in [-0.1, -0.05) is 150 Å². The molecule has 12 unspecified atom stereocenters. The number of fused-ring (bicyclic) bond motifs is 16. The van der Waals surface area contributed by atoms with Gasteiger partial charge in [-0.05, 0) is 267 Å². The highest BCUT2D eigenvalue weighted by Gasteiger charge is 2.83. The van der Waals surface area contributed by atoms with Crippen LogP contribution in [0.4, 0.5) is 0 Å². The molecule has 0 amide bonds. The number of hydrogen-bond donors (Lipinski definition) is 1. The van der Waals surface area contributed by atoms with E-state index in [0.29, 0.717) is 32.5 Å². The second-order valence-electron chi connectivity index (χ2n) is 35.7. The SMILES string of the molecule is CC(C)C12CCCC3(C45CCCC(OC67CCCC8(S(=O)(=O)C9%10CCCC(O)(CCC9)C9(C)CCCCC%10(C)CCC9)/C9=C(/CC6(C)CCCC98C)C7)(CCC4)C4(C)CCCCC5(C)CCC4)C/C4=C\1C2(C)CCCCC3(C)C4. The molecule has 0 radical (unpaired) electrons. The summed E-state index contributed by atoms with van der Waals surface area (Å²) in [5, 5.41) is 12.7. The van der Waals surface area contributed by atoms with Gasteiger partial charge in [-0.3, -0.25) is 0 Å². The number of aliphatic hydroxyl groups is 1. The number of allylic oxidation sites excluding steroid dienone is 2. The third kappa shape index (κ3) is 6.63. The predicted octanol–water partition coefficient (Wildman–Crippen LogP) is 20.3. The van der Waals surface area contributed by atoms with Gasteiger partial charge >= 0.3 is 0 Å². The quantitative estimate of drug-likeness (QED) is 0.269. The summed E-state index contributed by atoms with van der Waals surface area (Å²) in [6.45, 7) is 26.7. The average molecular weight is 1100 g/mol. The Morgan fingerprint density at radius 3 is 1.49 bits per heavy atom. The summed E-state index contributed by atoms with van der Waals surface area (Å²) in [5.41, 5.74) is 7.84. The van der Waals surface area contributed by atoms with Crippen molar-refractivity contribution in [2.24, 2.45) is 65.5 Å². The lowest BCUT2D eigenvalue weighted by molar-refractivity contribution is -0.263. The molecule has 12 saturated carbocycles. The van der Waals surface area contributed by atoms with Crippen molar-refractivity contribution >= 4 is 9.84 Å². The van der Waals surface area contributed by atoms with Gasteiger partial charge in [-0.15, -0.1) is 0 Å². The zero-order valence-corrected chi connectivity index (χ0v) is 53.9. The second kappa shape index (κ2) is 17.5. The van der Waals surface area contributed by atoms with Crippen LogP contribution in [-0.2, 0) is 14.6 Å². The van der Waals surface area contributed by atoms with Gasteiger partial charge < -0.3 is 9.84 Å². The van der Waals surface area contributed by atoms with Crippen LogP contribution in [0.3, 0.4) is 0 Å². The summed E-state index contributed by atoms with van der Waals surface area (Å²) in [6, 6.07) is 0. The van der Waals surface area contributed by atoms with Crippen LogP contribution >= 0.6 is 0 Å². The molecule has 0 spiro atoms. The van der Waals surface area contributed by atoms with E-state index >= 15 is 8.42 Å². The minimum atomic E-state index is -3.67. The zero-order chi connectivity index (χ0) is 55.5. The molecule has 16 aliphatic carbocycles. The van der Waals surface area contributed by atoms with Gasteiger partial charge in [-0.25, -0.2) is 8.42 Å². The van der Waals surface area contributed by atoms with E-state index in [-0.39, 0.29) is 38.3 Å². The van der Waals surface area contributed by atoms with E-state index in [2.05, 4.69) is 69.2 Å². The maximum Gasteiger partial charge on any atom is 0.166 e. The zero-order valence-electron chi connectivity index (χ0n) is 53.1. The smallest absolute Gasteiger partial charge is 0.166 e. The van der Waals surface area contributed by atoms with Gasteiger partial charge in [0.2, 0.25) is 0 Å². The molecule has 1 N–H and O–H groups in total. The first-order chi connectivity index (χ1) is 37.3. The van der Waals surface area contributed by atoms with E-state index in [4.69, 9.17) is 4.74 Å². The van der Waals surface area contributed by atoms with Gasteiger partial charge in [0.15, 0.2) is 9.84 Å². The summed E-state index contributed by atoms with van der Waals surface area (Å²) >= 11 is 0. The van der Waals surface area contributed by atoms with Crippen molar-refractivity contribution in [2.75, 3.05) is 0 Å². The van der Waals surface area contributed by atoms with E-state index in [9.17, 15) is 5.11 Å². The summed E-state index contributed by atoms with van der Waals surface area (Å²) in [7, 11) is -3.67. The molecule has 4 nitrogen and oxygen atoms in total. The second-order valence-corrected chi connectivity index (χ2v) is 38.2. The van der Waals surface area contributed by atoms with E-state index in [0.717, 1.165) is 134 Å². The molecule has 14 bridgehead atoms. The van der Waals surface area contributed by atoms with Gasteiger partial charge in [0.25, 0.3) is 0 Å². The van der Waals surface area contributed by atoms with Crippen molar-refractivity contribution in [3.05, 3.63) is 22.3 Å². The van der Waals surface area contributed by atoms with Crippen LogP contribution in [0.1, 0.15) is 345 Å². The molecule has 12 fully saturated rings. The van der Waals surface area contributed by atoms with Gasteiger partial charge in [0, 0.05) is 16.2 Å². The number of sulfone groups is 1. The molecule has 16 aliphatic rings. The molecule has 0 aliphatic heterocycles. The molecule has 0 aromatic heterocycles. The molecule has 16 rings (SSSR count). The molecule has 0 heterocycles. The van der Waals surface area contributed by atoms with E-state index in [1.807, 2.05) is 11.1 Å². The highest BCUT2D eigenvalue weighted by molar-refractivity contribution is 7.95. The summed E-state index contributed by atoms with van der Waals surface area (Å²) in [5.74, 6) is 0.744. The third-order valence-electron chi connectivity index (χ3n) is 33.0. The molecule has 79 heavy (non-hydrogen) atoms. The van der Waals surface area contributed by atoms with E-state index < -0.39 is 24.9 Å². The Morgan fingerprint density at radius 1 is 0.367 bits per heavy atom. The van der Waals surface area contributed by atoms with Gasteiger partial charge in [0.1, 0.15) is 4.75 Å². The summed E-state index contributed by atoms with van der Waals surface area (Å²) in [6.07, 6.45) is 50.6. The highest BCUT2D eigenvalue weighted by Crippen LogP contribution is 2.86. The molecule has 0 saturated heterocycles. The van der Waals surface area contributed by atoms with Gasteiger partial charge in [-0.2, -0.15) is 0 Å². The third-order valence-corrected chi connectivity index (χ3v) is 36.7. The van der Waals surface area contributed by atoms with Gasteiger partial charge in [0.05, 0.1) is 21.6 Å². The minimum Gasteiger partial charge on any atom is -0.389 e. The van der Waals surface area contributed by atoms with E-state index in [1.54, 1.807) is 5.57 Å². The maximum absolute atomic E-state index is 17.3. The normalized spacial score (nSPS) is 57.2. The molecule has 12 atom stereocenters. The fourth-order valence-corrected chi connectivity index (χ4v) is 33.0. The maximum atomic E-state index is 17.3. The number of rotatable bonds is 6. The van der Waals surface area contributed by atoms with Crippen molar-refractivity contribution in [1.29, 1.82) is 0 Å². The monoisotopic (exact) mass is 1100 g/mol. The Morgan fingerprint density at radius 2 is 0.810 bits per heavy atom. The number of ether oxygens (including phenoxy) is 1. The first-order valence-corrected chi connectivity index (χ1v) is 36.9. The fourth-order valence-electron chi connectivity index (χ4n) is 28.9. The van der Waals surface area contributed by atoms with Crippen LogP contribution in [-0.4, -0.2) is 39.8 Å². The lowest BCUT2D eigenvalue weighted by Gasteiger charge is -2.67. The lowest BCUT2D eigenvalue weighted by atomic mass is 9.38. The molecular formula is C74H118O4S. The Hall–Kier alpha value is -0.650. The Kier molecular flexibility index (Phi) is 12.5. The number of hydrogen-bond acceptors (Lipinski definition) is 4. The Bertz CT molecular complexity index is 2660. The predicted molar refractivity (Wildman–Crippen MR) is 325 cm³/mol. The Balaban J connectivity index is 0.849. The molecule has 0 aromatic carbocycles. The standard InChI is InChI=1S/C74H118O4S/c1-54(2)73-48-22-40-68(52-55-50-63(68,7)30-15-16-36-65(73,9)57(55)73)67-38-20-43-70(44-21-39-67,61(5)28-13-11-26-59(67,3)31-17-33-61)78-71-45-25-49-74(58-56(53-71)51-64(71,8)35-19-37-66(58,74)10)79(76,77)72-46-23-41-69(75,42-24-47-72)60(4)27-12-14-29-62(72,6)34-18-32-60/h54,75H,11-53H2,1-10H3/b57-55-,58-56-. The van der Waals surface area contributed by atoms with Crippen molar-refractivity contribution < 1.29 is 18.3 Å². The summed E-state index contributed by atoms with van der Waals surface area (Å²) < 4.78 is 42.0. The first kappa shape index (κ1) is 56.2. The van der Waals surface area contributed by atoms with Crippen LogP contribution in [0.5, 0.6) is 0 Å². The summed E-state index contributed by atoms with van der Waals surface area (Å²) in [4.78, 5) is 0.